The number of hydrogen-bond donors (Lipinski definition) is 1. The molecule has 0 spiro atoms. The highest BCUT2D eigenvalue weighted by Gasteiger charge is 2.40. The van der Waals surface area contributed by atoms with Gasteiger partial charge in [-0.1, -0.05) is 24.3 Å². The molecule has 0 saturated heterocycles. The number of anilines is 1. The van der Waals surface area contributed by atoms with E-state index in [0.29, 0.717) is 18.8 Å². The van der Waals surface area contributed by atoms with Crippen LogP contribution < -0.4 is 5.32 Å². The molecular weight excluding hydrogens is 381 g/mol. The highest BCUT2D eigenvalue weighted by molar-refractivity contribution is 6.01. The van der Waals surface area contributed by atoms with Gasteiger partial charge in [-0.15, -0.1) is 0 Å². The normalized spacial score (nSPS) is 20.8. The van der Waals surface area contributed by atoms with E-state index >= 15 is 0 Å². The molecule has 6 rings (SSSR count). The van der Waals surface area contributed by atoms with Gasteiger partial charge in [0, 0.05) is 23.6 Å². The van der Waals surface area contributed by atoms with E-state index in [1.807, 2.05) is 41.0 Å². The van der Waals surface area contributed by atoms with Crippen LogP contribution >= 0.6 is 0 Å². The number of Topliss-reactive ketones (excluding diaryl/α,β-unsaturated/α-hetero) is 1. The summed E-state index contributed by atoms with van der Waals surface area (Å²) in [5.41, 5.74) is 4.23. The number of para-hydroxylation sites is 2. The van der Waals surface area contributed by atoms with Gasteiger partial charge in [-0.25, -0.2) is 9.37 Å². The average Bonchev–Trinajstić information content (AvgIpc) is 3.41. The Morgan fingerprint density at radius 3 is 2.67 bits per heavy atom. The number of imidazole rings is 1. The zero-order valence-corrected chi connectivity index (χ0v) is 16.0. The quantitative estimate of drug-likeness (QED) is 0.504. The number of ketones is 1. The van der Waals surface area contributed by atoms with Crippen molar-refractivity contribution in [3.8, 4) is 0 Å². The van der Waals surface area contributed by atoms with Gasteiger partial charge in [0.05, 0.1) is 23.3 Å². The van der Waals surface area contributed by atoms with E-state index in [4.69, 9.17) is 9.40 Å². The van der Waals surface area contributed by atoms with Crippen LogP contribution in [0.2, 0.25) is 0 Å². The summed E-state index contributed by atoms with van der Waals surface area (Å²) in [6.45, 7) is 0. The molecule has 0 radical (unpaired) electrons. The first-order chi connectivity index (χ1) is 14.7. The summed E-state index contributed by atoms with van der Waals surface area (Å²) >= 11 is 0. The van der Waals surface area contributed by atoms with Crippen LogP contribution in [-0.2, 0) is 4.79 Å². The van der Waals surface area contributed by atoms with Crippen molar-refractivity contribution in [1.82, 2.24) is 9.55 Å². The van der Waals surface area contributed by atoms with Crippen molar-refractivity contribution in [3.63, 3.8) is 0 Å². The van der Waals surface area contributed by atoms with E-state index in [-0.39, 0.29) is 23.6 Å². The average molecular weight is 399 g/mol. The topological polar surface area (TPSA) is 60.1 Å². The van der Waals surface area contributed by atoms with Crippen LogP contribution in [0.1, 0.15) is 36.1 Å². The Hall–Kier alpha value is -3.67. The van der Waals surface area contributed by atoms with Crippen molar-refractivity contribution in [2.45, 2.75) is 24.8 Å². The minimum atomic E-state index is -0.352. The highest BCUT2D eigenvalue weighted by atomic mass is 19.1. The van der Waals surface area contributed by atoms with Gasteiger partial charge in [0.15, 0.2) is 5.78 Å². The maximum absolute atomic E-state index is 13.6. The van der Waals surface area contributed by atoms with Gasteiger partial charge in [-0.05, 0) is 48.4 Å². The fourth-order valence-corrected chi connectivity index (χ4v) is 4.71. The number of halogens is 1. The molecular formula is C24H18FN3O2. The molecule has 0 unspecified atom stereocenters. The van der Waals surface area contributed by atoms with Crippen LogP contribution in [0.5, 0.6) is 0 Å². The van der Waals surface area contributed by atoms with Gasteiger partial charge >= 0.3 is 0 Å². The summed E-state index contributed by atoms with van der Waals surface area (Å²) in [6.07, 6.45) is 2.68. The Morgan fingerprint density at radius 1 is 1.03 bits per heavy atom. The van der Waals surface area contributed by atoms with Crippen molar-refractivity contribution >= 4 is 22.8 Å². The lowest BCUT2D eigenvalue weighted by Gasteiger charge is -2.35. The highest BCUT2D eigenvalue weighted by Crippen LogP contribution is 2.45. The van der Waals surface area contributed by atoms with Gasteiger partial charge in [-0.2, -0.15) is 0 Å². The number of carbonyl (C=O) groups excluding carboxylic acids is 1. The number of nitrogens with one attached hydrogen (secondary N) is 1. The molecule has 2 aliphatic rings. The maximum Gasteiger partial charge on any atom is 0.209 e. The van der Waals surface area contributed by atoms with Crippen LogP contribution in [0.25, 0.3) is 11.0 Å². The van der Waals surface area contributed by atoms with Crippen molar-refractivity contribution in [3.05, 3.63) is 95.3 Å². The molecule has 5 nitrogen and oxygen atoms in total. The van der Waals surface area contributed by atoms with E-state index in [0.717, 1.165) is 33.6 Å². The molecule has 3 heterocycles. The lowest BCUT2D eigenvalue weighted by atomic mass is 9.79. The van der Waals surface area contributed by atoms with Crippen LogP contribution in [0.3, 0.4) is 0 Å². The van der Waals surface area contributed by atoms with E-state index < -0.39 is 0 Å². The lowest BCUT2D eigenvalue weighted by molar-refractivity contribution is -0.116. The SMILES string of the molecule is O=C1C[C@@H](c2ccco2)CC2=C1[C@@H](c1ccc(F)cc1)n1c(nc3ccccc31)N2. The smallest absolute Gasteiger partial charge is 0.209 e. The molecule has 148 valence electrons. The van der Waals surface area contributed by atoms with Crippen LogP contribution in [-0.4, -0.2) is 15.3 Å². The second-order valence-electron chi connectivity index (χ2n) is 7.81. The molecule has 30 heavy (non-hydrogen) atoms. The Morgan fingerprint density at radius 2 is 1.87 bits per heavy atom. The van der Waals surface area contributed by atoms with Crippen molar-refractivity contribution < 1.29 is 13.6 Å². The zero-order valence-electron chi connectivity index (χ0n) is 16.0. The van der Waals surface area contributed by atoms with Gasteiger partial charge in [0.25, 0.3) is 0 Å². The van der Waals surface area contributed by atoms with Gasteiger partial charge in [-0.3, -0.25) is 9.36 Å². The summed E-state index contributed by atoms with van der Waals surface area (Å²) < 4.78 is 21.3. The third-order valence-corrected chi connectivity index (χ3v) is 6.03. The molecule has 6 heteroatoms. The first kappa shape index (κ1) is 17.2. The van der Waals surface area contributed by atoms with Crippen molar-refractivity contribution in [2.24, 2.45) is 0 Å². The molecule has 1 aliphatic heterocycles. The predicted molar refractivity (Wildman–Crippen MR) is 111 cm³/mol. The monoisotopic (exact) mass is 399 g/mol. The molecule has 4 aromatic rings. The van der Waals surface area contributed by atoms with Gasteiger partial charge in [0.1, 0.15) is 11.6 Å². The molecule has 0 saturated carbocycles. The number of fused-ring (bicyclic) bond motifs is 3. The first-order valence-electron chi connectivity index (χ1n) is 9.98. The van der Waals surface area contributed by atoms with E-state index in [1.54, 1.807) is 18.4 Å². The van der Waals surface area contributed by atoms with Crippen LogP contribution in [0.15, 0.2) is 82.6 Å². The number of hydrogen-bond acceptors (Lipinski definition) is 4. The minimum absolute atomic E-state index is 0.0106. The standard InChI is InChI=1S/C24H18FN3O2/c25-16-9-7-14(8-10-16)23-22-18(12-15(13-20(22)29)21-6-3-11-30-21)27-24-26-17-4-1-2-5-19(17)28(23)24/h1-11,15,23H,12-13H2,(H,26,27)/t15-,23+/m0/s1. The molecule has 2 aromatic carbocycles. The number of furan rings is 1. The molecule has 0 bridgehead atoms. The Balaban J connectivity index is 1.55. The number of aromatic nitrogens is 2. The van der Waals surface area contributed by atoms with Gasteiger partial charge < -0.3 is 9.73 Å². The second-order valence-corrected chi connectivity index (χ2v) is 7.81. The number of carbonyl (C=O) groups is 1. The summed E-state index contributed by atoms with van der Waals surface area (Å²) in [4.78, 5) is 18.2. The molecule has 1 aliphatic carbocycles. The number of nitrogens with zero attached hydrogens (tertiary/aromatic N) is 2. The van der Waals surface area contributed by atoms with E-state index in [9.17, 15) is 9.18 Å². The number of rotatable bonds is 2. The lowest BCUT2D eigenvalue weighted by Crippen LogP contribution is -2.33. The summed E-state index contributed by atoms with van der Waals surface area (Å²) in [5.74, 6) is 1.27. The van der Waals surface area contributed by atoms with Crippen molar-refractivity contribution in [1.29, 1.82) is 0 Å². The zero-order chi connectivity index (χ0) is 20.2. The first-order valence-corrected chi connectivity index (χ1v) is 9.98. The molecule has 1 N–H and O–H groups in total. The fraction of sp³-hybridized carbons (Fsp3) is 0.167. The molecule has 2 aromatic heterocycles. The van der Waals surface area contributed by atoms with Gasteiger partial charge in [0.2, 0.25) is 5.95 Å². The number of benzene rings is 2. The van der Waals surface area contributed by atoms with Crippen LogP contribution in [0.4, 0.5) is 10.3 Å². The summed E-state index contributed by atoms with van der Waals surface area (Å²) in [5, 5.41) is 3.42. The minimum Gasteiger partial charge on any atom is -0.469 e. The van der Waals surface area contributed by atoms with E-state index in [1.165, 1.54) is 12.1 Å². The fourth-order valence-electron chi connectivity index (χ4n) is 4.71. The summed E-state index contributed by atoms with van der Waals surface area (Å²) in [7, 11) is 0. The molecule has 0 amide bonds. The maximum atomic E-state index is 13.6. The predicted octanol–water partition coefficient (Wildman–Crippen LogP) is 5.18. The third kappa shape index (κ3) is 2.53. The van der Waals surface area contributed by atoms with Crippen molar-refractivity contribution in [2.75, 3.05) is 5.32 Å². The third-order valence-electron chi connectivity index (χ3n) is 6.03. The Bertz CT molecular complexity index is 1300. The molecule has 0 fully saturated rings. The molecule has 2 atom stereocenters. The Kier molecular flexibility index (Phi) is 3.68. The Labute approximate surface area is 171 Å². The van der Waals surface area contributed by atoms with E-state index in [2.05, 4.69) is 5.32 Å². The number of allylic oxidation sites excluding steroid dienone is 2. The summed E-state index contributed by atoms with van der Waals surface area (Å²) in [6, 6.07) is 17.6. The largest absolute Gasteiger partial charge is 0.469 e. The van der Waals surface area contributed by atoms with Crippen LogP contribution in [0, 0.1) is 5.82 Å². The second kappa shape index (κ2) is 6.42.